The third-order valence-electron chi connectivity index (χ3n) is 2.00. The van der Waals surface area contributed by atoms with E-state index in [1.165, 1.54) is 0 Å². The summed E-state index contributed by atoms with van der Waals surface area (Å²) in [5.41, 5.74) is 0. The zero-order valence-corrected chi connectivity index (χ0v) is 7.37. The summed E-state index contributed by atoms with van der Waals surface area (Å²) in [7, 11) is -2.56. The van der Waals surface area contributed by atoms with E-state index in [1.807, 2.05) is 0 Å². The van der Waals surface area contributed by atoms with Crippen LogP contribution in [-0.2, 0) is 14.4 Å². The second kappa shape index (κ2) is 2.15. The molecule has 11 heavy (non-hydrogen) atoms. The normalized spacial score (nSPS) is 39.5. The van der Waals surface area contributed by atoms with Crippen LogP contribution >= 0.6 is 12.2 Å². The van der Waals surface area contributed by atoms with Gasteiger partial charge in [-0.05, 0) is 12.2 Å². The first-order valence-electron chi connectivity index (χ1n) is 3.36. The van der Waals surface area contributed by atoms with Crippen molar-refractivity contribution in [3.05, 3.63) is 0 Å². The number of fused-ring (bicyclic) bond motifs is 1. The SMILES string of the molecule is O=[S+]1(O)C[C@H]2NC(=S)N[C@@H]2C1. The van der Waals surface area contributed by atoms with Crippen LogP contribution in [0.4, 0.5) is 0 Å². The average Bonchev–Trinajstić information content (AvgIpc) is 2.17. The molecule has 0 saturated carbocycles. The molecule has 2 aliphatic rings. The molecule has 2 heterocycles. The molecule has 0 unspecified atom stereocenters. The van der Waals surface area contributed by atoms with Crippen molar-refractivity contribution < 1.29 is 8.76 Å². The quantitative estimate of drug-likeness (QED) is 0.347. The van der Waals surface area contributed by atoms with Crippen molar-refractivity contribution in [2.75, 3.05) is 11.5 Å². The van der Waals surface area contributed by atoms with Crippen molar-refractivity contribution in [3.63, 3.8) is 0 Å². The fourth-order valence-corrected chi connectivity index (χ4v) is 3.72. The van der Waals surface area contributed by atoms with Gasteiger partial charge in [0, 0.05) is 0 Å². The van der Waals surface area contributed by atoms with Crippen molar-refractivity contribution in [1.29, 1.82) is 0 Å². The lowest BCUT2D eigenvalue weighted by molar-refractivity contribution is 0.502. The molecule has 0 aromatic heterocycles. The molecule has 0 aliphatic carbocycles. The number of hydrogen-bond donors (Lipinski definition) is 3. The van der Waals surface area contributed by atoms with Crippen LogP contribution in [-0.4, -0.2) is 33.3 Å². The van der Waals surface area contributed by atoms with Gasteiger partial charge >= 0.3 is 0 Å². The van der Waals surface area contributed by atoms with Crippen LogP contribution in [0.3, 0.4) is 0 Å². The standard InChI is InChI=1S/C5H8N2O2S2/c8-11(9)1-3-4(2-11)7-5(10)6-3/h3-4H,1-2H2,(H2-,6,7,8,9,10)/p+1/t3-,4-/m1/s1. The minimum atomic E-state index is -2.56. The molecule has 2 fully saturated rings. The number of hydrogen-bond acceptors (Lipinski definition) is 2. The average molecular weight is 193 g/mol. The Balaban J connectivity index is 2.15. The smallest absolute Gasteiger partial charge is 0.218 e. The van der Waals surface area contributed by atoms with Crippen LogP contribution in [0.1, 0.15) is 0 Å². The lowest BCUT2D eigenvalue weighted by atomic mass is 10.2. The third kappa shape index (κ3) is 1.25. The van der Waals surface area contributed by atoms with Gasteiger partial charge in [-0.25, -0.2) is 0 Å². The highest BCUT2D eigenvalue weighted by atomic mass is 32.3. The summed E-state index contributed by atoms with van der Waals surface area (Å²) in [5, 5.41) is 6.51. The number of rotatable bonds is 0. The first-order valence-corrected chi connectivity index (χ1v) is 5.62. The molecule has 0 amide bonds. The lowest BCUT2D eigenvalue weighted by Crippen LogP contribution is -2.31. The highest BCUT2D eigenvalue weighted by molar-refractivity contribution is 7.98. The number of thiocarbonyl (C=S) groups is 1. The van der Waals surface area contributed by atoms with Crippen LogP contribution in [0, 0.1) is 0 Å². The summed E-state index contributed by atoms with van der Waals surface area (Å²) in [4.78, 5) is 0. The Morgan fingerprint density at radius 2 is 1.91 bits per heavy atom. The number of nitrogens with one attached hydrogen (secondary N) is 2. The van der Waals surface area contributed by atoms with Crippen molar-refractivity contribution in [2.24, 2.45) is 0 Å². The fourth-order valence-electron chi connectivity index (χ4n) is 1.52. The molecular formula is C5H9N2O2S2+. The largest absolute Gasteiger partial charge is 0.353 e. The first kappa shape index (κ1) is 7.45. The van der Waals surface area contributed by atoms with E-state index in [9.17, 15) is 8.76 Å². The van der Waals surface area contributed by atoms with Gasteiger partial charge in [0.25, 0.3) is 0 Å². The van der Waals surface area contributed by atoms with Gasteiger partial charge < -0.3 is 10.6 Å². The molecule has 4 nitrogen and oxygen atoms in total. The highest BCUT2D eigenvalue weighted by Crippen LogP contribution is 2.20. The van der Waals surface area contributed by atoms with Gasteiger partial charge in [-0.1, -0.05) is 4.21 Å². The van der Waals surface area contributed by atoms with Crippen LogP contribution < -0.4 is 10.6 Å². The van der Waals surface area contributed by atoms with E-state index in [0.29, 0.717) is 16.6 Å². The van der Waals surface area contributed by atoms with Gasteiger partial charge in [-0.3, -0.25) is 0 Å². The van der Waals surface area contributed by atoms with E-state index in [2.05, 4.69) is 10.6 Å². The van der Waals surface area contributed by atoms with Gasteiger partial charge in [0.05, 0.1) is 0 Å². The third-order valence-corrected chi connectivity index (χ3v) is 3.99. The monoisotopic (exact) mass is 193 g/mol. The Morgan fingerprint density at radius 3 is 2.36 bits per heavy atom. The van der Waals surface area contributed by atoms with E-state index in [1.54, 1.807) is 0 Å². The van der Waals surface area contributed by atoms with E-state index in [4.69, 9.17) is 12.2 Å². The van der Waals surface area contributed by atoms with Gasteiger partial charge in [0.1, 0.15) is 12.1 Å². The van der Waals surface area contributed by atoms with Gasteiger partial charge in [-0.15, -0.1) is 0 Å². The van der Waals surface area contributed by atoms with E-state index in [0.717, 1.165) is 0 Å². The molecular weight excluding hydrogens is 184 g/mol. The molecule has 2 saturated heterocycles. The van der Waals surface area contributed by atoms with E-state index in [-0.39, 0.29) is 12.1 Å². The maximum absolute atomic E-state index is 11.1. The van der Waals surface area contributed by atoms with E-state index < -0.39 is 10.2 Å². The maximum atomic E-state index is 11.1. The molecule has 2 atom stereocenters. The molecule has 2 rings (SSSR count). The van der Waals surface area contributed by atoms with Gasteiger partial charge in [-0.2, -0.15) is 4.55 Å². The maximum Gasteiger partial charge on any atom is 0.218 e. The summed E-state index contributed by atoms with van der Waals surface area (Å²) in [5.74, 6) is 0.648. The lowest BCUT2D eigenvalue weighted by Gasteiger charge is -1.99. The molecule has 3 N–H and O–H groups in total. The molecule has 6 heteroatoms. The summed E-state index contributed by atoms with van der Waals surface area (Å²) in [6, 6.07) is 0.139. The topological polar surface area (TPSA) is 61.4 Å². The van der Waals surface area contributed by atoms with Crippen LogP contribution in [0.25, 0.3) is 0 Å². The molecule has 0 bridgehead atoms. The summed E-state index contributed by atoms with van der Waals surface area (Å²) >= 11 is 4.85. The molecule has 0 radical (unpaired) electrons. The van der Waals surface area contributed by atoms with Crippen molar-refractivity contribution >= 4 is 27.5 Å². The molecule has 62 valence electrons. The van der Waals surface area contributed by atoms with Crippen molar-refractivity contribution in [3.8, 4) is 0 Å². The summed E-state index contributed by atoms with van der Waals surface area (Å²) in [6.07, 6.45) is 0. The van der Waals surface area contributed by atoms with E-state index >= 15 is 0 Å². The Morgan fingerprint density at radius 1 is 1.45 bits per heavy atom. The zero-order valence-electron chi connectivity index (χ0n) is 5.74. The predicted molar refractivity (Wildman–Crippen MR) is 46.9 cm³/mol. The Labute approximate surface area is 71.0 Å². The fraction of sp³-hybridized carbons (Fsp3) is 0.800. The zero-order chi connectivity index (χ0) is 8.06. The predicted octanol–water partition coefficient (Wildman–Crippen LogP) is -0.813. The second-order valence-corrected chi connectivity index (χ2v) is 5.56. The Bertz CT molecular complexity index is 235. The second-order valence-electron chi connectivity index (χ2n) is 2.94. The molecule has 0 spiro atoms. The summed E-state index contributed by atoms with van der Waals surface area (Å²) < 4.78 is 20.3. The summed E-state index contributed by atoms with van der Waals surface area (Å²) in [6.45, 7) is 0. The van der Waals surface area contributed by atoms with Crippen molar-refractivity contribution in [2.45, 2.75) is 12.1 Å². The van der Waals surface area contributed by atoms with Crippen LogP contribution in [0.15, 0.2) is 0 Å². The molecule has 0 aromatic carbocycles. The van der Waals surface area contributed by atoms with Crippen LogP contribution in [0.5, 0.6) is 0 Å². The first-order chi connectivity index (χ1) is 5.07. The Hall–Kier alpha value is -0.200. The minimum absolute atomic E-state index is 0.0694. The van der Waals surface area contributed by atoms with Gasteiger partial charge in [0.15, 0.2) is 16.6 Å². The van der Waals surface area contributed by atoms with Crippen molar-refractivity contribution in [1.82, 2.24) is 10.6 Å². The molecule has 0 aromatic rings. The molecule has 2 aliphatic heterocycles. The Kier molecular flexibility index (Phi) is 1.45. The van der Waals surface area contributed by atoms with Crippen LogP contribution in [0.2, 0.25) is 0 Å². The van der Waals surface area contributed by atoms with Gasteiger partial charge in [0.2, 0.25) is 10.2 Å². The minimum Gasteiger partial charge on any atom is -0.353 e. The highest BCUT2D eigenvalue weighted by Gasteiger charge is 2.50.